The van der Waals surface area contributed by atoms with Crippen molar-refractivity contribution >= 4 is 34.2 Å². The molecule has 1 aromatic heterocycles. The number of hydrogen-bond acceptors (Lipinski definition) is 2. The molecule has 3 nitrogen and oxygen atoms in total. The number of nitrogens with zero attached hydrogens (tertiary/aromatic N) is 2. The van der Waals surface area contributed by atoms with E-state index < -0.39 is 0 Å². The van der Waals surface area contributed by atoms with Gasteiger partial charge in [0.15, 0.2) is 0 Å². The van der Waals surface area contributed by atoms with Crippen molar-refractivity contribution in [1.82, 2.24) is 9.55 Å². The van der Waals surface area contributed by atoms with E-state index in [0.717, 1.165) is 36.2 Å². The van der Waals surface area contributed by atoms with Gasteiger partial charge in [0.2, 0.25) is 0 Å². The lowest BCUT2D eigenvalue weighted by atomic mass is 9.80. The summed E-state index contributed by atoms with van der Waals surface area (Å²) in [5.74, 6) is 0.859. The van der Waals surface area contributed by atoms with E-state index in [1.54, 1.807) is 7.11 Å². The average Bonchev–Trinajstić information content (AvgIpc) is 2.74. The van der Waals surface area contributed by atoms with Gasteiger partial charge >= 0.3 is 0 Å². The first kappa shape index (κ1) is 14.2. The van der Waals surface area contributed by atoms with Crippen LogP contribution in [0.5, 0.6) is 0 Å². The van der Waals surface area contributed by atoms with Gasteiger partial charge in [-0.05, 0) is 38.3 Å². The molecular formula is C15H18Cl2N2O. The number of alkyl halides is 1. The van der Waals surface area contributed by atoms with Gasteiger partial charge in [-0.2, -0.15) is 0 Å². The van der Waals surface area contributed by atoms with Crippen LogP contribution in [0.1, 0.15) is 37.4 Å². The van der Waals surface area contributed by atoms with E-state index in [1.807, 2.05) is 25.1 Å². The summed E-state index contributed by atoms with van der Waals surface area (Å²) in [6, 6.07) is 5.85. The number of para-hydroxylation sites is 1. The maximum absolute atomic E-state index is 6.30. The van der Waals surface area contributed by atoms with Crippen molar-refractivity contribution in [2.45, 2.75) is 43.7 Å². The zero-order valence-corrected chi connectivity index (χ0v) is 13.2. The van der Waals surface area contributed by atoms with Crippen LogP contribution in [0.3, 0.4) is 0 Å². The third-order valence-corrected chi connectivity index (χ3v) is 4.76. The lowest BCUT2D eigenvalue weighted by Crippen LogP contribution is -2.43. The van der Waals surface area contributed by atoms with Gasteiger partial charge in [0.05, 0.1) is 28.1 Å². The number of hydrogen-bond donors (Lipinski definition) is 0. The number of benzene rings is 1. The molecule has 20 heavy (non-hydrogen) atoms. The molecule has 0 saturated heterocycles. The number of methoxy groups -OCH3 is 1. The van der Waals surface area contributed by atoms with Gasteiger partial charge in [-0.15, -0.1) is 11.6 Å². The Balaban J connectivity index is 2.12. The summed E-state index contributed by atoms with van der Waals surface area (Å²) < 4.78 is 7.90. The third kappa shape index (κ3) is 2.22. The molecule has 3 rings (SSSR count). The Labute approximate surface area is 128 Å². The van der Waals surface area contributed by atoms with Crippen LogP contribution in [-0.4, -0.2) is 22.3 Å². The topological polar surface area (TPSA) is 27.1 Å². The van der Waals surface area contributed by atoms with Gasteiger partial charge in [-0.25, -0.2) is 4.98 Å². The summed E-state index contributed by atoms with van der Waals surface area (Å²) in [5, 5.41) is 0.507. The molecular weight excluding hydrogens is 295 g/mol. The van der Waals surface area contributed by atoms with Crippen LogP contribution in [0.4, 0.5) is 0 Å². The standard InChI is InChI=1S/C15H18Cl2N2O/c1-10(16)14-18-13-11(17)5-3-6-12(13)19(14)9-15(20-2)7-4-8-15/h3,5-6,10H,4,7-9H2,1-2H3. The minimum Gasteiger partial charge on any atom is -0.376 e. The highest BCUT2D eigenvalue weighted by Gasteiger charge is 2.38. The second-order valence-electron chi connectivity index (χ2n) is 5.52. The predicted molar refractivity (Wildman–Crippen MR) is 82.6 cm³/mol. The molecule has 1 aromatic carbocycles. The molecule has 0 aliphatic heterocycles. The Kier molecular flexibility index (Phi) is 3.69. The van der Waals surface area contributed by atoms with E-state index in [-0.39, 0.29) is 11.0 Å². The van der Waals surface area contributed by atoms with E-state index in [0.29, 0.717) is 5.02 Å². The van der Waals surface area contributed by atoms with E-state index in [2.05, 4.69) is 9.55 Å². The smallest absolute Gasteiger partial charge is 0.127 e. The van der Waals surface area contributed by atoms with Crippen molar-refractivity contribution in [2.75, 3.05) is 7.11 Å². The number of rotatable bonds is 4. The van der Waals surface area contributed by atoms with Crippen molar-refractivity contribution in [3.8, 4) is 0 Å². The van der Waals surface area contributed by atoms with Gasteiger partial charge in [-0.3, -0.25) is 0 Å². The van der Waals surface area contributed by atoms with Crippen molar-refractivity contribution in [3.05, 3.63) is 29.0 Å². The van der Waals surface area contributed by atoms with Crippen LogP contribution >= 0.6 is 23.2 Å². The molecule has 108 valence electrons. The minimum atomic E-state index is -0.160. The maximum Gasteiger partial charge on any atom is 0.127 e. The van der Waals surface area contributed by atoms with Crippen molar-refractivity contribution in [3.63, 3.8) is 0 Å². The fourth-order valence-electron chi connectivity index (χ4n) is 2.89. The highest BCUT2D eigenvalue weighted by molar-refractivity contribution is 6.35. The quantitative estimate of drug-likeness (QED) is 0.774. The summed E-state index contributed by atoms with van der Waals surface area (Å²) in [5.41, 5.74) is 1.78. The van der Waals surface area contributed by atoms with Crippen molar-refractivity contribution in [2.24, 2.45) is 0 Å². The third-order valence-electron chi connectivity index (χ3n) is 4.26. The predicted octanol–water partition coefficient (Wildman–Crippen LogP) is 4.56. The number of fused-ring (bicyclic) bond motifs is 1. The number of imidazole rings is 1. The zero-order valence-electron chi connectivity index (χ0n) is 11.7. The molecule has 0 bridgehead atoms. The van der Waals surface area contributed by atoms with Crippen LogP contribution in [0.15, 0.2) is 18.2 Å². The normalized spacial score (nSPS) is 19.0. The Bertz CT molecular complexity index is 627. The molecule has 1 heterocycles. The maximum atomic E-state index is 6.30. The van der Waals surface area contributed by atoms with Gasteiger partial charge in [0.1, 0.15) is 11.3 Å². The first-order valence-electron chi connectivity index (χ1n) is 6.90. The van der Waals surface area contributed by atoms with Crippen LogP contribution < -0.4 is 0 Å². The van der Waals surface area contributed by atoms with Gasteiger partial charge in [-0.1, -0.05) is 17.7 Å². The van der Waals surface area contributed by atoms with E-state index in [1.165, 1.54) is 6.42 Å². The van der Waals surface area contributed by atoms with Crippen molar-refractivity contribution in [1.29, 1.82) is 0 Å². The average molecular weight is 313 g/mol. The van der Waals surface area contributed by atoms with Crippen LogP contribution in [-0.2, 0) is 11.3 Å². The van der Waals surface area contributed by atoms with E-state index >= 15 is 0 Å². The van der Waals surface area contributed by atoms with E-state index in [4.69, 9.17) is 27.9 Å². The molecule has 1 fully saturated rings. The lowest BCUT2D eigenvalue weighted by molar-refractivity contribution is -0.0832. The van der Waals surface area contributed by atoms with E-state index in [9.17, 15) is 0 Å². The molecule has 0 amide bonds. The summed E-state index contributed by atoms with van der Waals surface area (Å²) in [6.45, 7) is 2.72. The Morgan fingerprint density at radius 2 is 2.20 bits per heavy atom. The Morgan fingerprint density at radius 1 is 1.45 bits per heavy atom. The molecule has 1 aliphatic carbocycles. The van der Waals surface area contributed by atoms with Crippen molar-refractivity contribution < 1.29 is 4.74 Å². The molecule has 0 spiro atoms. The zero-order chi connectivity index (χ0) is 14.3. The molecule has 1 saturated carbocycles. The minimum absolute atomic E-state index is 0.0729. The molecule has 2 aromatic rings. The second-order valence-corrected chi connectivity index (χ2v) is 6.58. The summed E-state index contributed by atoms with van der Waals surface area (Å²) in [7, 11) is 1.79. The largest absolute Gasteiger partial charge is 0.376 e. The monoisotopic (exact) mass is 312 g/mol. The molecule has 1 unspecified atom stereocenters. The first-order chi connectivity index (χ1) is 9.56. The second kappa shape index (κ2) is 5.21. The molecule has 0 N–H and O–H groups in total. The summed E-state index contributed by atoms with van der Waals surface area (Å²) >= 11 is 12.5. The lowest BCUT2D eigenvalue weighted by Gasteiger charge is -2.41. The first-order valence-corrected chi connectivity index (χ1v) is 7.72. The Morgan fingerprint density at radius 3 is 2.75 bits per heavy atom. The summed E-state index contributed by atoms with van der Waals surface area (Å²) in [6.07, 6.45) is 3.38. The van der Waals surface area contributed by atoms with Gasteiger partial charge in [0.25, 0.3) is 0 Å². The number of aromatic nitrogens is 2. The van der Waals surface area contributed by atoms with Crippen LogP contribution in [0, 0.1) is 0 Å². The summed E-state index contributed by atoms with van der Waals surface area (Å²) in [4.78, 5) is 4.63. The molecule has 1 aliphatic rings. The van der Waals surface area contributed by atoms with Gasteiger partial charge < -0.3 is 9.30 Å². The Hall–Kier alpha value is -0.770. The highest BCUT2D eigenvalue weighted by atomic mass is 35.5. The number of halogens is 2. The fraction of sp³-hybridized carbons (Fsp3) is 0.533. The SMILES string of the molecule is COC1(Cn2c(C(C)Cl)nc3c(Cl)cccc32)CCC1. The fourth-order valence-corrected chi connectivity index (χ4v) is 3.27. The van der Waals surface area contributed by atoms with Gasteiger partial charge in [0, 0.05) is 7.11 Å². The molecule has 5 heteroatoms. The highest BCUT2D eigenvalue weighted by Crippen LogP contribution is 2.39. The molecule has 0 radical (unpaired) electrons. The number of ether oxygens (including phenoxy) is 1. The molecule has 1 atom stereocenters. The van der Waals surface area contributed by atoms with Crippen LogP contribution in [0.2, 0.25) is 5.02 Å². The van der Waals surface area contributed by atoms with Crippen LogP contribution in [0.25, 0.3) is 11.0 Å².